The number of aryl methyl sites for hydroxylation is 1. The van der Waals surface area contributed by atoms with Crippen molar-refractivity contribution in [2.24, 2.45) is 0 Å². The first-order chi connectivity index (χ1) is 15.8. The largest absolute Gasteiger partial charge is 0.423 e. The summed E-state index contributed by atoms with van der Waals surface area (Å²) >= 11 is 0. The number of amides is 1. The number of fused-ring (bicyclic) bond motifs is 1. The number of carbonyl (C=O) groups is 1. The molecule has 2 aromatic carbocycles. The number of anilines is 1. The number of hydrogen-bond donors (Lipinski definition) is 1. The lowest BCUT2D eigenvalue weighted by atomic mass is 10.0. The number of hydrogen-bond acceptors (Lipinski definition) is 6. The van der Waals surface area contributed by atoms with Gasteiger partial charge >= 0.3 is 0 Å². The van der Waals surface area contributed by atoms with Crippen LogP contribution in [0.5, 0.6) is 0 Å². The molecule has 1 amide bonds. The second-order valence-corrected chi connectivity index (χ2v) is 7.82. The van der Waals surface area contributed by atoms with Crippen LogP contribution in [0.1, 0.15) is 22.3 Å². The van der Waals surface area contributed by atoms with Crippen molar-refractivity contribution < 1.29 is 22.4 Å². The Morgan fingerprint density at radius 3 is 2.82 bits per heavy atom. The first-order valence-electron chi connectivity index (χ1n) is 10.3. The van der Waals surface area contributed by atoms with Crippen molar-refractivity contribution in [1.82, 2.24) is 24.9 Å². The highest BCUT2D eigenvalue weighted by atomic mass is 19.3. The Morgan fingerprint density at radius 2 is 2.03 bits per heavy atom. The molecule has 1 aliphatic heterocycles. The number of likely N-dealkylation sites (tertiary alicyclic amines) is 1. The van der Waals surface area contributed by atoms with Gasteiger partial charge in [0.2, 0.25) is 0 Å². The maximum Gasteiger partial charge on any atom is 0.295 e. The second-order valence-electron chi connectivity index (χ2n) is 7.82. The van der Waals surface area contributed by atoms with Crippen molar-refractivity contribution in [3.05, 3.63) is 65.7 Å². The molecule has 3 heterocycles. The third-order valence-electron chi connectivity index (χ3n) is 5.71. The van der Waals surface area contributed by atoms with Gasteiger partial charge in [-0.1, -0.05) is 12.1 Å². The van der Waals surface area contributed by atoms with E-state index in [9.17, 15) is 18.0 Å². The number of oxazole rings is 1. The minimum absolute atomic E-state index is 0.0250. The molecule has 5 rings (SSSR count). The summed E-state index contributed by atoms with van der Waals surface area (Å²) in [5.74, 6) is -4.15. The van der Waals surface area contributed by atoms with E-state index in [1.54, 1.807) is 25.1 Å². The summed E-state index contributed by atoms with van der Waals surface area (Å²) in [5, 5.41) is 10.9. The van der Waals surface area contributed by atoms with E-state index >= 15 is 0 Å². The number of rotatable bonds is 5. The molecule has 4 aromatic rings. The Kier molecular flexibility index (Phi) is 5.03. The van der Waals surface area contributed by atoms with Crippen LogP contribution in [-0.4, -0.2) is 55.8 Å². The topological polar surface area (TPSA) is 89.1 Å². The lowest BCUT2D eigenvalue weighted by molar-refractivity contribution is -0.0249. The number of nitrogens with zero attached hydrogens (tertiary/aromatic N) is 5. The van der Waals surface area contributed by atoms with Crippen molar-refractivity contribution in [1.29, 1.82) is 0 Å². The van der Waals surface area contributed by atoms with Gasteiger partial charge in [-0.2, -0.15) is 20.0 Å². The Bertz CT molecular complexity index is 1320. The molecule has 0 spiro atoms. The molecule has 1 atom stereocenters. The van der Waals surface area contributed by atoms with Gasteiger partial charge in [-0.05, 0) is 30.7 Å². The van der Waals surface area contributed by atoms with E-state index in [0.29, 0.717) is 16.8 Å². The molecule has 33 heavy (non-hydrogen) atoms. The molecule has 0 radical (unpaired) electrons. The predicted molar refractivity (Wildman–Crippen MR) is 113 cm³/mol. The fourth-order valence-corrected chi connectivity index (χ4v) is 4.06. The number of alkyl halides is 2. The van der Waals surface area contributed by atoms with Crippen LogP contribution in [0.4, 0.5) is 19.2 Å². The molecule has 1 aliphatic rings. The quantitative estimate of drug-likeness (QED) is 0.491. The maximum atomic E-state index is 14.8. The molecule has 2 aromatic heterocycles. The van der Waals surface area contributed by atoms with Gasteiger partial charge in [0.1, 0.15) is 17.4 Å². The lowest BCUT2D eigenvalue weighted by Crippen LogP contribution is -2.47. The molecule has 11 heteroatoms. The Morgan fingerprint density at radius 1 is 1.24 bits per heavy atom. The van der Waals surface area contributed by atoms with Crippen LogP contribution < -0.4 is 5.32 Å². The third kappa shape index (κ3) is 3.79. The SMILES string of the molecule is Cc1cccc(-n2nccn2)c1C(=O)N1CCC(F)(F)[C@H]1CNc1nc2ccc(F)cc2o1. The number of aromatic nitrogens is 4. The normalized spacial score (nSPS) is 17.6. The highest BCUT2D eigenvalue weighted by Gasteiger charge is 2.51. The smallest absolute Gasteiger partial charge is 0.295 e. The second kappa shape index (κ2) is 7.91. The van der Waals surface area contributed by atoms with Crippen LogP contribution in [0, 0.1) is 12.7 Å². The van der Waals surface area contributed by atoms with Gasteiger partial charge in [0, 0.05) is 25.6 Å². The van der Waals surface area contributed by atoms with Gasteiger partial charge in [-0.15, -0.1) is 0 Å². The molecule has 170 valence electrons. The summed E-state index contributed by atoms with van der Waals surface area (Å²) in [7, 11) is 0. The van der Waals surface area contributed by atoms with E-state index < -0.39 is 30.1 Å². The van der Waals surface area contributed by atoms with Gasteiger partial charge in [-0.25, -0.2) is 13.2 Å². The monoisotopic (exact) mass is 456 g/mol. The number of nitrogens with one attached hydrogen (secondary N) is 1. The molecule has 8 nitrogen and oxygen atoms in total. The van der Waals surface area contributed by atoms with Crippen LogP contribution in [0.2, 0.25) is 0 Å². The summed E-state index contributed by atoms with van der Waals surface area (Å²) in [6.45, 7) is 1.33. The average Bonchev–Trinajstić information content (AvgIpc) is 3.50. The molecule has 0 aliphatic carbocycles. The number of benzene rings is 2. The molecule has 1 fully saturated rings. The highest BCUT2D eigenvalue weighted by Crippen LogP contribution is 2.36. The maximum absolute atomic E-state index is 14.8. The molecular formula is C22H19F3N6O2. The zero-order chi connectivity index (χ0) is 23.2. The summed E-state index contributed by atoms with van der Waals surface area (Å²) in [6, 6.07) is 7.52. The highest BCUT2D eigenvalue weighted by molar-refractivity contribution is 5.99. The van der Waals surface area contributed by atoms with Crippen molar-refractivity contribution in [3.63, 3.8) is 0 Å². The number of halogens is 3. The van der Waals surface area contributed by atoms with Gasteiger partial charge < -0.3 is 14.6 Å². The van der Waals surface area contributed by atoms with Gasteiger partial charge in [-0.3, -0.25) is 4.79 Å². The van der Waals surface area contributed by atoms with Gasteiger partial charge in [0.05, 0.1) is 23.6 Å². The Balaban J connectivity index is 1.42. The molecular weight excluding hydrogens is 437 g/mol. The standard InChI is InChI=1S/C22H19F3N6O2/c1-13-3-2-4-16(31-27-8-9-28-31)19(13)20(32)30-10-7-22(24,25)18(30)12-26-21-29-15-6-5-14(23)11-17(15)33-21/h2-6,8-9,11,18H,7,10,12H2,1H3,(H,26,29)/t18-/m1/s1. The first kappa shape index (κ1) is 21.0. The summed E-state index contributed by atoms with van der Waals surface area (Å²) < 4.78 is 48.4. The minimum Gasteiger partial charge on any atom is -0.423 e. The van der Waals surface area contributed by atoms with Crippen LogP contribution in [0.15, 0.2) is 53.2 Å². The summed E-state index contributed by atoms with van der Waals surface area (Å²) in [5.41, 5.74) is 1.88. The van der Waals surface area contributed by atoms with Crippen molar-refractivity contribution in [3.8, 4) is 5.69 Å². The zero-order valence-corrected chi connectivity index (χ0v) is 17.5. The van der Waals surface area contributed by atoms with Crippen molar-refractivity contribution >= 4 is 23.0 Å². The van der Waals surface area contributed by atoms with Crippen molar-refractivity contribution in [2.45, 2.75) is 25.3 Å². The van der Waals surface area contributed by atoms with E-state index in [2.05, 4.69) is 20.5 Å². The zero-order valence-electron chi connectivity index (χ0n) is 17.5. The van der Waals surface area contributed by atoms with E-state index in [0.717, 1.165) is 11.0 Å². The minimum atomic E-state index is -3.12. The lowest BCUT2D eigenvalue weighted by Gasteiger charge is -2.28. The first-order valence-corrected chi connectivity index (χ1v) is 10.3. The van der Waals surface area contributed by atoms with E-state index in [1.165, 1.54) is 29.3 Å². The fraction of sp³-hybridized carbons (Fsp3) is 0.273. The van der Waals surface area contributed by atoms with Crippen LogP contribution in [0.3, 0.4) is 0 Å². The van der Waals surface area contributed by atoms with Crippen molar-refractivity contribution in [2.75, 3.05) is 18.4 Å². The average molecular weight is 456 g/mol. The predicted octanol–water partition coefficient (Wildman–Crippen LogP) is 3.82. The molecule has 0 saturated carbocycles. The van der Waals surface area contributed by atoms with Crippen LogP contribution >= 0.6 is 0 Å². The van der Waals surface area contributed by atoms with Crippen LogP contribution in [-0.2, 0) is 0 Å². The van der Waals surface area contributed by atoms with E-state index in [1.807, 2.05) is 0 Å². The van der Waals surface area contributed by atoms with E-state index in [-0.39, 0.29) is 30.3 Å². The molecule has 1 saturated heterocycles. The summed E-state index contributed by atoms with van der Waals surface area (Å²) in [4.78, 5) is 20.1. The fourth-order valence-electron chi connectivity index (χ4n) is 4.06. The third-order valence-corrected chi connectivity index (χ3v) is 5.71. The molecule has 1 N–H and O–H groups in total. The van der Waals surface area contributed by atoms with E-state index in [4.69, 9.17) is 4.42 Å². The summed E-state index contributed by atoms with van der Waals surface area (Å²) in [6.07, 6.45) is 2.48. The Labute approximate surface area is 186 Å². The molecule has 0 bridgehead atoms. The number of carbonyl (C=O) groups excluding carboxylic acids is 1. The van der Waals surface area contributed by atoms with Gasteiger partial charge in [0.25, 0.3) is 17.8 Å². The van der Waals surface area contributed by atoms with Crippen LogP contribution in [0.25, 0.3) is 16.8 Å². The Hall–Kier alpha value is -3.89. The molecule has 0 unspecified atom stereocenters. The van der Waals surface area contributed by atoms with Gasteiger partial charge in [0.15, 0.2) is 5.58 Å².